The lowest BCUT2D eigenvalue weighted by Crippen LogP contribution is -2.37. The predicted molar refractivity (Wildman–Crippen MR) is 76.8 cm³/mol. The van der Waals surface area contributed by atoms with Gasteiger partial charge >= 0.3 is 0 Å². The Morgan fingerprint density at radius 2 is 2.00 bits per heavy atom. The third-order valence-electron chi connectivity index (χ3n) is 3.30. The molecule has 1 aliphatic heterocycles. The Labute approximate surface area is 121 Å². The summed E-state index contributed by atoms with van der Waals surface area (Å²) in [7, 11) is 0. The highest BCUT2D eigenvalue weighted by Gasteiger charge is 2.40. The molecular formula is C13H19BrN2O3. The fraction of sp³-hybridized carbons (Fsp3) is 0.615. The van der Waals surface area contributed by atoms with Crippen molar-refractivity contribution in [2.75, 3.05) is 13.2 Å². The predicted octanol–water partition coefficient (Wildman–Crippen LogP) is 2.43. The van der Waals surface area contributed by atoms with E-state index in [9.17, 15) is 0 Å². The number of hydrogen-bond acceptors (Lipinski definition) is 5. The van der Waals surface area contributed by atoms with Crippen molar-refractivity contribution < 1.29 is 14.2 Å². The number of ether oxygens (including phenoxy) is 3. The van der Waals surface area contributed by atoms with E-state index < -0.39 is 0 Å². The Hall–Kier alpha value is -0.850. The summed E-state index contributed by atoms with van der Waals surface area (Å²) in [5, 5.41) is 0. The summed E-state index contributed by atoms with van der Waals surface area (Å²) in [5.41, 5.74) is 5.31. The van der Waals surface area contributed by atoms with Crippen molar-refractivity contribution in [1.82, 2.24) is 0 Å². The smallest absolute Gasteiger partial charge is 0.205 e. The van der Waals surface area contributed by atoms with Crippen LogP contribution in [0.4, 0.5) is 0 Å². The summed E-state index contributed by atoms with van der Waals surface area (Å²) >= 11 is 3.23. The van der Waals surface area contributed by atoms with E-state index in [4.69, 9.17) is 19.9 Å². The van der Waals surface area contributed by atoms with Crippen LogP contribution in [0.5, 0.6) is 0 Å². The van der Waals surface area contributed by atoms with Gasteiger partial charge in [0.1, 0.15) is 6.10 Å². The van der Waals surface area contributed by atoms with Crippen molar-refractivity contribution >= 4 is 22.1 Å². The van der Waals surface area contributed by atoms with Crippen LogP contribution in [0.2, 0.25) is 0 Å². The van der Waals surface area contributed by atoms with Gasteiger partial charge in [0.05, 0.1) is 17.7 Å². The van der Waals surface area contributed by atoms with Crippen LogP contribution in [0.3, 0.4) is 0 Å². The molecule has 2 aliphatic rings. The molecule has 1 spiro atoms. The molecule has 0 amide bonds. The van der Waals surface area contributed by atoms with E-state index in [-0.39, 0.29) is 11.9 Å². The van der Waals surface area contributed by atoms with Crippen LogP contribution in [0.15, 0.2) is 28.1 Å². The van der Waals surface area contributed by atoms with Gasteiger partial charge in [-0.2, -0.15) is 0 Å². The molecule has 1 saturated carbocycles. The molecule has 0 aromatic heterocycles. The minimum atomic E-state index is -0.351. The number of hydrogen-bond donors (Lipinski definition) is 1. The SMILES string of the molecule is C=C(/N=C\C(Br)=C/N)OC1CCC2(CC1)OCCO2. The molecule has 0 unspecified atom stereocenters. The normalized spacial score (nSPS) is 24.2. The summed E-state index contributed by atoms with van der Waals surface area (Å²) in [5.74, 6) is 0.0449. The quantitative estimate of drug-likeness (QED) is 0.635. The van der Waals surface area contributed by atoms with Crippen molar-refractivity contribution in [3.05, 3.63) is 23.1 Å². The van der Waals surface area contributed by atoms with Crippen molar-refractivity contribution in [2.24, 2.45) is 10.7 Å². The molecule has 2 N–H and O–H groups in total. The molecule has 2 rings (SSSR count). The van der Waals surface area contributed by atoms with Crippen LogP contribution in [-0.2, 0) is 14.2 Å². The molecule has 1 aliphatic carbocycles. The topological polar surface area (TPSA) is 66.1 Å². The maximum Gasteiger partial charge on any atom is 0.205 e. The molecule has 0 bridgehead atoms. The second-order valence-electron chi connectivity index (χ2n) is 4.63. The zero-order valence-electron chi connectivity index (χ0n) is 10.8. The third kappa shape index (κ3) is 4.06. The summed E-state index contributed by atoms with van der Waals surface area (Å²) in [6.07, 6.45) is 6.61. The largest absolute Gasteiger partial charge is 0.475 e. The monoisotopic (exact) mass is 330 g/mol. The molecular weight excluding hydrogens is 312 g/mol. The Kier molecular flexibility index (Phi) is 5.01. The fourth-order valence-electron chi connectivity index (χ4n) is 2.33. The average Bonchev–Trinajstić information content (AvgIpc) is 2.87. The van der Waals surface area contributed by atoms with Gasteiger partial charge in [0.15, 0.2) is 5.79 Å². The molecule has 6 heteroatoms. The van der Waals surface area contributed by atoms with Crippen LogP contribution in [0, 0.1) is 0 Å². The molecule has 106 valence electrons. The number of rotatable bonds is 4. The van der Waals surface area contributed by atoms with Crippen LogP contribution in [0.1, 0.15) is 25.7 Å². The minimum Gasteiger partial charge on any atom is -0.475 e. The van der Waals surface area contributed by atoms with Crippen molar-refractivity contribution in [1.29, 1.82) is 0 Å². The van der Waals surface area contributed by atoms with Gasteiger partial charge in [-0.05, 0) is 35.4 Å². The van der Waals surface area contributed by atoms with E-state index in [0.29, 0.717) is 23.6 Å². The van der Waals surface area contributed by atoms with Gasteiger partial charge in [-0.3, -0.25) is 0 Å². The van der Waals surface area contributed by atoms with Gasteiger partial charge < -0.3 is 19.9 Å². The zero-order chi connectivity index (χ0) is 13.7. The molecule has 19 heavy (non-hydrogen) atoms. The molecule has 5 nitrogen and oxygen atoms in total. The molecule has 0 atom stereocenters. The summed E-state index contributed by atoms with van der Waals surface area (Å²) in [4.78, 5) is 4.08. The van der Waals surface area contributed by atoms with E-state index in [0.717, 1.165) is 25.7 Å². The average molecular weight is 331 g/mol. The second-order valence-corrected chi connectivity index (χ2v) is 5.54. The van der Waals surface area contributed by atoms with Gasteiger partial charge in [-0.15, -0.1) is 0 Å². The molecule has 1 heterocycles. The zero-order valence-corrected chi connectivity index (χ0v) is 12.4. The molecule has 2 fully saturated rings. The van der Waals surface area contributed by atoms with Gasteiger partial charge in [0.25, 0.3) is 0 Å². The summed E-state index contributed by atoms with van der Waals surface area (Å²) in [6.45, 7) is 5.17. The van der Waals surface area contributed by atoms with E-state index in [1.54, 1.807) is 6.21 Å². The first-order chi connectivity index (χ1) is 9.13. The van der Waals surface area contributed by atoms with E-state index in [1.165, 1.54) is 6.20 Å². The maximum atomic E-state index is 5.70. The molecule has 0 aromatic rings. The van der Waals surface area contributed by atoms with Gasteiger partial charge in [0, 0.05) is 25.3 Å². The highest BCUT2D eigenvalue weighted by molar-refractivity contribution is 9.12. The number of allylic oxidation sites excluding steroid dienone is 1. The van der Waals surface area contributed by atoms with Gasteiger partial charge in [-0.1, -0.05) is 0 Å². The Bertz CT molecular complexity index is 379. The Balaban J connectivity index is 1.76. The Morgan fingerprint density at radius 1 is 1.37 bits per heavy atom. The number of nitrogens with two attached hydrogens (primary N) is 1. The standard InChI is InChI=1S/C13H19BrN2O3/c1-10(16-9-11(14)8-15)19-12-2-4-13(5-3-12)17-6-7-18-13/h8-9,12H,1-7,15H2/b11-8+,16-9-. The van der Waals surface area contributed by atoms with Crippen LogP contribution < -0.4 is 5.73 Å². The lowest BCUT2D eigenvalue weighted by molar-refractivity contribution is -0.189. The summed E-state index contributed by atoms with van der Waals surface area (Å²) < 4.78 is 17.7. The number of aliphatic imine (C=N–C) groups is 1. The lowest BCUT2D eigenvalue weighted by Gasteiger charge is -2.35. The highest BCUT2D eigenvalue weighted by atomic mass is 79.9. The van der Waals surface area contributed by atoms with E-state index in [1.807, 2.05) is 0 Å². The molecule has 0 aromatic carbocycles. The highest BCUT2D eigenvalue weighted by Crippen LogP contribution is 2.37. The fourth-order valence-corrected chi connectivity index (χ4v) is 2.44. The summed E-state index contributed by atoms with van der Waals surface area (Å²) in [6, 6.07) is 0. The molecule has 1 saturated heterocycles. The molecule has 0 radical (unpaired) electrons. The number of halogens is 1. The first-order valence-corrected chi connectivity index (χ1v) is 7.18. The first-order valence-electron chi connectivity index (χ1n) is 6.38. The van der Waals surface area contributed by atoms with Crippen molar-refractivity contribution in [2.45, 2.75) is 37.6 Å². The van der Waals surface area contributed by atoms with Gasteiger partial charge in [0.2, 0.25) is 5.88 Å². The third-order valence-corrected chi connectivity index (χ3v) is 3.77. The second kappa shape index (κ2) is 6.54. The lowest BCUT2D eigenvalue weighted by atomic mass is 9.92. The van der Waals surface area contributed by atoms with E-state index >= 15 is 0 Å². The minimum absolute atomic E-state index is 0.128. The number of nitrogens with zero attached hydrogens (tertiary/aromatic N) is 1. The van der Waals surface area contributed by atoms with Crippen LogP contribution in [-0.4, -0.2) is 31.3 Å². The van der Waals surface area contributed by atoms with Gasteiger partial charge in [-0.25, -0.2) is 4.99 Å². The van der Waals surface area contributed by atoms with Crippen LogP contribution >= 0.6 is 15.9 Å². The van der Waals surface area contributed by atoms with E-state index in [2.05, 4.69) is 27.5 Å². The Morgan fingerprint density at radius 3 is 2.58 bits per heavy atom. The van der Waals surface area contributed by atoms with Crippen molar-refractivity contribution in [3.8, 4) is 0 Å². The van der Waals surface area contributed by atoms with Crippen LogP contribution in [0.25, 0.3) is 0 Å². The first kappa shape index (κ1) is 14.6. The maximum absolute atomic E-state index is 5.70. The van der Waals surface area contributed by atoms with Crippen molar-refractivity contribution in [3.63, 3.8) is 0 Å².